The lowest BCUT2D eigenvalue weighted by atomic mass is 9.73. The maximum Gasteiger partial charge on any atom is 0.514 e. The van der Waals surface area contributed by atoms with Crippen molar-refractivity contribution < 1.29 is 62.5 Å². The molecule has 1 spiro atoms. The Kier molecular flexibility index (Phi) is 10.1. The Labute approximate surface area is 357 Å². The van der Waals surface area contributed by atoms with E-state index in [9.17, 15) is 24.6 Å². The highest BCUT2D eigenvalue weighted by atomic mass is 32.2. The molecule has 2 fully saturated rings. The van der Waals surface area contributed by atoms with Gasteiger partial charge in [0.25, 0.3) is 0 Å². The predicted molar refractivity (Wildman–Crippen MR) is 220 cm³/mol. The van der Waals surface area contributed by atoms with E-state index in [2.05, 4.69) is 10.2 Å². The van der Waals surface area contributed by atoms with E-state index in [0.29, 0.717) is 70.2 Å². The van der Waals surface area contributed by atoms with E-state index in [1.54, 1.807) is 32.9 Å². The van der Waals surface area contributed by atoms with Crippen molar-refractivity contribution in [1.29, 1.82) is 0 Å². The Bertz CT molecular complexity index is 2370. The zero-order valence-corrected chi connectivity index (χ0v) is 36.4. The van der Waals surface area contributed by atoms with Gasteiger partial charge < -0.3 is 48.1 Å². The molecule has 3 aromatic carbocycles. The second-order valence-corrected chi connectivity index (χ2v) is 18.6. The first kappa shape index (κ1) is 41.4. The van der Waals surface area contributed by atoms with Crippen LogP contribution in [0.4, 0.5) is 4.79 Å². The van der Waals surface area contributed by atoms with E-state index >= 15 is 0 Å². The fraction of sp³-hybridized carbons (Fsp3) is 0.523. The summed E-state index contributed by atoms with van der Waals surface area (Å²) >= 11 is 1.44. The number of fused-ring (bicyclic) bond motifs is 9. The molecule has 17 heteroatoms. The number of carbonyl (C=O) groups is 3. The number of rotatable bonds is 4. The lowest BCUT2D eigenvalue weighted by Crippen LogP contribution is -2.70. The summed E-state index contributed by atoms with van der Waals surface area (Å²) in [6.45, 7) is 10.3. The van der Waals surface area contributed by atoms with Crippen molar-refractivity contribution in [2.45, 2.75) is 101 Å². The molecule has 0 aliphatic carbocycles. The Morgan fingerprint density at radius 1 is 0.967 bits per heavy atom. The third kappa shape index (κ3) is 6.36. The van der Waals surface area contributed by atoms with Gasteiger partial charge >= 0.3 is 18.1 Å². The van der Waals surface area contributed by atoms with Crippen molar-refractivity contribution in [2.75, 3.05) is 47.0 Å². The lowest BCUT2D eigenvalue weighted by molar-refractivity contribution is -0.186. The molecule has 3 N–H and O–H groups in total. The quantitative estimate of drug-likeness (QED) is 0.180. The van der Waals surface area contributed by atoms with Gasteiger partial charge in [-0.2, -0.15) is 0 Å². The summed E-state index contributed by atoms with van der Waals surface area (Å²) in [6.07, 6.45) is -1.05. The van der Waals surface area contributed by atoms with Crippen LogP contribution < -0.4 is 33.7 Å². The number of hydrogen-bond acceptors (Lipinski definition) is 17. The number of benzene rings is 3. The van der Waals surface area contributed by atoms with Gasteiger partial charge in [0.05, 0.1) is 37.6 Å². The number of thioether (sulfide) groups is 1. The Hall–Kier alpha value is -4.94. The van der Waals surface area contributed by atoms with Crippen LogP contribution in [0.25, 0.3) is 0 Å². The van der Waals surface area contributed by atoms with Crippen molar-refractivity contribution in [2.24, 2.45) is 0 Å². The predicted octanol–water partition coefficient (Wildman–Crippen LogP) is 5.02. The number of piperazine rings is 1. The molecule has 0 saturated carbocycles. The molecule has 7 aliphatic rings. The molecule has 326 valence electrons. The Balaban J connectivity index is 1.25. The number of ether oxygens (including phenoxy) is 8. The minimum atomic E-state index is -1.44. The van der Waals surface area contributed by atoms with Crippen molar-refractivity contribution in [1.82, 2.24) is 15.1 Å². The third-order valence-electron chi connectivity index (χ3n) is 12.8. The largest absolute Gasteiger partial charge is 0.514 e. The number of phenols is 1. The molecule has 2 saturated heterocycles. The summed E-state index contributed by atoms with van der Waals surface area (Å²) in [5.41, 5.74) is 3.25. The number of nitrogens with zero attached hydrogens (tertiary/aromatic N) is 2. The molecular weight excluding hydrogens is 811 g/mol. The zero-order valence-electron chi connectivity index (χ0n) is 35.6. The number of methoxy groups -OCH3 is 2. The van der Waals surface area contributed by atoms with Gasteiger partial charge in [0.1, 0.15) is 24.2 Å². The molecule has 0 radical (unpaired) electrons. The summed E-state index contributed by atoms with van der Waals surface area (Å²) in [7, 11) is 4.93. The minimum Gasteiger partial charge on any atom is -0.504 e. The van der Waals surface area contributed by atoms with Crippen molar-refractivity contribution in [3.8, 4) is 40.2 Å². The highest BCUT2D eigenvalue weighted by Gasteiger charge is 2.61. The molecular formula is C44H51N3O13S. The van der Waals surface area contributed by atoms with Gasteiger partial charge in [-0.1, -0.05) is 6.07 Å². The van der Waals surface area contributed by atoms with Crippen LogP contribution in [-0.4, -0.2) is 109 Å². The van der Waals surface area contributed by atoms with E-state index in [0.717, 1.165) is 16.7 Å². The van der Waals surface area contributed by atoms with Crippen LogP contribution in [0.15, 0.2) is 18.2 Å². The average molecular weight is 862 g/mol. The van der Waals surface area contributed by atoms with Crippen LogP contribution in [-0.2, 0) is 37.4 Å². The minimum absolute atomic E-state index is 0.0201. The molecule has 7 heterocycles. The van der Waals surface area contributed by atoms with Gasteiger partial charge in [0, 0.05) is 47.5 Å². The van der Waals surface area contributed by atoms with E-state index < -0.39 is 64.9 Å². The highest BCUT2D eigenvalue weighted by Crippen LogP contribution is 2.64. The molecule has 16 nitrogen and oxygen atoms in total. The number of esters is 2. The van der Waals surface area contributed by atoms with Crippen LogP contribution in [0.5, 0.6) is 40.2 Å². The van der Waals surface area contributed by atoms with Gasteiger partial charge in [0.15, 0.2) is 40.0 Å². The summed E-state index contributed by atoms with van der Waals surface area (Å²) in [5, 5.41) is 27.6. The molecule has 3 aromatic rings. The number of aliphatic hydroxyl groups excluding tert-OH is 1. The number of aromatic hydroxyl groups is 1. The maximum atomic E-state index is 15.0. The summed E-state index contributed by atoms with van der Waals surface area (Å²) < 4.78 is 47.5. The fourth-order valence-corrected chi connectivity index (χ4v) is 12.1. The smallest absolute Gasteiger partial charge is 0.504 e. The van der Waals surface area contributed by atoms with Crippen molar-refractivity contribution >= 4 is 29.9 Å². The Morgan fingerprint density at radius 2 is 1.72 bits per heavy atom. The van der Waals surface area contributed by atoms with Crippen LogP contribution in [0, 0.1) is 13.8 Å². The molecule has 61 heavy (non-hydrogen) atoms. The van der Waals surface area contributed by atoms with E-state index in [4.69, 9.17) is 37.9 Å². The number of likely N-dealkylation sites (N-methyl/N-ethyl adjacent to an activating group) is 1. The van der Waals surface area contributed by atoms with E-state index in [-0.39, 0.29) is 36.4 Å². The second kappa shape index (κ2) is 14.9. The first-order chi connectivity index (χ1) is 29.0. The summed E-state index contributed by atoms with van der Waals surface area (Å²) in [5.74, 6) is 0.883. The first-order valence-corrected chi connectivity index (χ1v) is 21.4. The number of phenolic OH excluding ortho intramolecular Hbond substituents is 1. The molecule has 4 bridgehead atoms. The van der Waals surface area contributed by atoms with Crippen molar-refractivity contribution in [3.63, 3.8) is 0 Å². The van der Waals surface area contributed by atoms with Gasteiger partial charge in [-0.05, 0) is 88.9 Å². The van der Waals surface area contributed by atoms with Gasteiger partial charge in [-0.3, -0.25) is 19.9 Å². The normalized spacial score (nSPS) is 27.5. The zero-order chi connectivity index (χ0) is 43.4. The number of aryl methyl sites for hydroxylation is 1. The topological polar surface area (TPSA) is 184 Å². The third-order valence-corrected chi connectivity index (χ3v) is 14.3. The first-order valence-electron chi connectivity index (χ1n) is 20.4. The standard InChI is InChI=1S/C44H51N3O13S/c1-19-12-23-13-25-40(50)47-26-16-55-41(51)44(24-15-27(53-8)28(14-22(24)10-11-45-44)59-42(52)60-43(4,5)6)17-61-39(33(47)32(46(25)7)29(23)34(49)35(19)54-9)31-30(26)38-37(56-18-57-38)20(2)36(31)58-21(3)48/h12,14-15,25-26,32-33,39-40,45,49-50H,10-11,13,16-18H2,1-9H3/t25-,26?,32+,33?,39+,40-,44+/m0/s1. The number of carbonyl (C=O) groups excluding carboxylic acids is 3. The second-order valence-electron chi connectivity index (χ2n) is 17.5. The average Bonchev–Trinajstić information content (AvgIpc) is 3.69. The molecule has 7 atom stereocenters. The van der Waals surface area contributed by atoms with Gasteiger partial charge in [0.2, 0.25) is 6.79 Å². The highest BCUT2D eigenvalue weighted by molar-refractivity contribution is 7.99. The fourth-order valence-electron chi connectivity index (χ4n) is 10.4. The van der Waals surface area contributed by atoms with Crippen LogP contribution >= 0.6 is 11.8 Å². The monoisotopic (exact) mass is 861 g/mol. The molecule has 10 rings (SSSR count). The Morgan fingerprint density at radius 3 is 2.43 bits per heavy atom. The maximum absolute atomic E-state index is 15.0. The van der Waals surface area contributed by atoms with Gasteiger partial charge in [-0.25, -0.2) is 9.59 Å². The molecule has 0 amide bonds. The number of hydrogen-bond donors (Lipinski definition) is 3. The lowest BCUT2D eigenvalue weighted by Gasteiger charge is -2.62. The number of aliphatic hydroxyl groups is 1. The molecule has 7 aliphatic heterocycles. The van der Waals surface area contributed by atoms with Crippen molar-refractivity contribution in [3.05, 3.63) is 62.7 Å². The van der Waals surface area contributed by atoms with Gasteiger partial charge in [-0.15, -0.1) is 11.8 Å². The number of nitrogens with one attached hydrogen (secondary N) is 1. The van der Waals surface area contributed by atoms with E-state index in [1.807, 2.05) is 31.9 Å². The van der Waals surface area contributed by atoms with Crippen LogP contribution in [0.3, 0.4) is 0 Å². The van der Waals surface area contributed by atoms with E-state index in [1.165, 1.54) is 32.9 Å². The SMILES string of the molecule is COc1cc2c(cc1OC(=O)OC(C)(C)C)CCN[C@]21CS[C@@H]2c3c(OC(C)=O)c(C)c4c(c3C(COC1=O)N1C2[C@H]2c3c(cc(C)c(OC)c3O)C[C@@H]([C@@H]1O)N2C)OCO4. The van der Waals surface area contributed by atoms with Crippen LogP contribution in [0.1, 0.15) is 89.5 Å². The molecule has 2 unspecified atom stereocenters. The summed E-state index contributed by atoms with van der Waals surface area (Å²) in [4.78, 5) is 44.9. The van der Waals surface area contributed by atoms with Crippen LogP contribution in [0.2, 0.25) is 0 Å². The molecule has 0 aromatic heterocycles. The summed E-state index contributed by atoms with van der Waals surface area (Å²) in [6, 6.07) is 3.04.